The number of halogens is 1. The number of aryl methyl sites for hydroxylation is 1. The Labute approximate surface area is 99.4 Å². The minimum atomic E-state index is 0.696. The molecule has 0 spiro atoms. The third-order valence-electron chi connectivity index (χ3n) is 2.36. The average Bonchev–Trinajstić information content (AvgIpc) is 2.76. The maximum Gasteiger partial charge on any atom is 0.124 e. The molecule has 84 valence electrons. The van der Waals surface area contributed by atoms with Gasteiger partial charge in [-0.2, -0.15) is 0 Å². The molecule has 0 fully saturated rings. The lowest BCUT2D eigenvalue weighted by molar-refractivity contribution is 0.408. The van der Waals surface area contributed by atoms with Gasteiger partial charge in [0.1, 0.15) is 6.26 Å². The lowest BCUT2D eigenvalue weighted by atomic mass is 10.1. The molecule has 0 saturated carbocycles. The molecule has 1 aromatic carbocycles. The van der Waals surface area contributed by atoms with Gasteiger partial charge in [-0.05, 0) is 24.1 Å². The van der Waals surface area contributed by atoms with Crippen molar-refractivity contribution in [3.8, 4) is 0 Å². The van der Waals surface area contributed by atoms with Crippen LogP contribution in [-0.4, -0.2) is 5.16 Å². The van der Waals surface area contributed by atoms with Crippen molar-refractivity contribution in [2.75, 3.05) is 0 Å². The number of nitrogens with zero attached hydrogens (tertiary/aromatic N) is 1. The molecule has 0 aliphatic carbocycles. The van der Waals surface area contributed by atoms with Gasteiger partial charge in [0, 0.05) is 24.2 Å². The Morgan fingerprint density at radius 1 is 1.31 bits per heavy atom. The monoisotopic (exact) mass is 236 g/mol. The van der Waals surface area contributed by atoms with Gasteiger partial charge in [-0.15, -0.1) is 0 Å². The summed E-state index contributed by atoms with van der Waals surface area (Å²) >= 11 is 6.04. The molecule has 3 nitrogen and oxygen atoms in total. The first-order valence-electron chi connectivity index (χ1n) is 5.11. The zero-order chi connectivity index (χ0) is 11.4. The van der Waals surface area contributed by atoms with Crippen LogP contribution in [0.15, 0.2) is 35.1 Å². The van der Waals surface area contributed by atoms with Gasteiger partial charge in [0.2, 0.25) is 0 Å². The summed E-state index contributed by atoms with van der Waals surface area (Å²) in [7, 11) is 0. The fourth-order valence-electron chi connectivity index (χ4n) is 1.41. The highest BCUT2D eigenvalue weighted by molar-refractivity contribution is 6.31. The molecule has 1 N–H and O–H groups in total. The average molecular weight is 237 g/mol. The molecule has 2 aromatic rings. The highest BCUT2D eigenvalue weighted by Gasteiger charge is 1.99. The van der Waals surface area contributed by atoms with Gasteiger partial charge >= 0.3 is 0 Å². The van der Waals surface area contributed by atoms with Crippen molar-refractivity contribution in [1.29, 1.82) is 0 Å². The number of nitrogens with one attached hydrogen (secondary N) is 1. The molecule has 0 radical (unpaired) electrons. The van der Waals surface area contributed by atoms with Crippen molar-refractivity contribution in [2.24, 2.45) is 0 Å². The molecule has 2 rings (SSSR count). The van der Waals surface area contributed by atoms with E-state index < -0.39 is 0 Å². The first kappa shape index (κ1) is 11.2. The molecular weight excluding hydrogens is 224 g/mol. The second kappa shape index (κ2) is 5.14. The van der Waals surface area contributed by atoms with Gasteiger partial charge in [-0.1, -0.05) is 28.9 Å². The Hall–Kier alpha value is -1.32. The Kier molecular flexibility index (Phi) is 3.59. The standard InChI is InChI=1S/C12H13ClN2O/c1-9-2-3-10(6-12(9)13)7-14-8-11-4-5-16-15-11/h2-6,14H,7-8H2,1H3. The minimum Gasteiger partial charge on any atom is -0.364 e. The zero-order valence-electron chi connectivity index (χ0n) is 9.03. The normalized spacial score (nSPS) is 10.6. The van der Waals surface area contributed by atoms with Crippen LogP contribution in [0.2, 0.25) is 5.02 Å². The fraction of sp³-hybridized carbons (Fsp3) is 0.250. The van der Waals surface area contributed by atoms with Crippen LogP contribution in [0.25, 0.3) is 0 Å². The van der Waals surface area contributed by atoms with Crippen LogP contribution in [-0.2, 0) is 13.1 Å². The van der Waals surface area contributed by atoms with E-state index in [-0.39, 0.29) is 0 Å². The quantitative estimate of drug-likeness (QED) is 0.887. The van der Waals surface area contributed by atoms with Gasteiger partial charge in [0.25, 0.3) is 0 Å². The summed E-state index contributed by atoms with van der Waals surface area (Å²) in [6.07, 6.45) is 1.57. The van der Waals surface area contributed by atoms with Crippen LogP contribution in [0.1, 0.15) is 16.8 Å². The smallest absolute Gasteiger partial charge is 0.124 e. The number of hydrogen-bond acceptors (Lipinski definition) is 3. The topological polar surface area (TPSA) is 38.1 Å². The molecule has 0 aliphatic heterocycles. The van der Waals surface area contributed by atoms with Crippen molar-refractivity contribution >= 4 is 11.6 Å². The molecule has 1 heterocycles. The van der Waals surface area contributed by atoms with Crippen molar-refractivity contribution in [2.45, 2.75) is 20.0 Å². The van der Waals surface area contributed by atoms with E-state index in [0.717, 1.165) is 22.8 Å². The van der Waals surface area contributed by atoms with E-state index in [4.69, 9.17) is 16.1 Å². The van der Waals surface area contributed by atoms with Crippen LogP contribution < -0.4 is 5.32 Å². The molecule has 0 bridgehead atoms. The molecule has 0 aliphatic rings. The minimum absolute atomic E-state index is 0.696. The Balaban J connectivity index is 1.87. The van der Waals surface area contributed by atoms with Gasteiger partial charge in [-0.3, -0.25) is 0 Å². The first-order chi connectivity index (χ1) is 7.75. The molecule has 0 unspecified atom stereocenters. The first-order valence-corrected chi connectivity index (χ1v) is 5.48. The summed E-state index contributed by atoms with van der Waals surface area (Å²) < 4.78 is 4.74. The van der Waals surface area contributed by atoms with E-state index in [2.05, 4.69) is 16.5 Å². The predicted molar refractivity (Wildman–Crippen MR) is 63.2 cm³/mol. The molecule has 0 saturated heterocycles. The lowest BCUT2D eigenvalue weighted by Gasteiger charge is -2.04. The van der Waals surface area contributed by atoms with Gasteiger partial charge in [0.15, 0.2) is 0 Å². The Morgan fingerprint density at radius 3 is 2.88 bits per heavy atom. The molecular formula is C12H13ClN2O. The molecule has 4 heteroatoms. The van der Waals surface area contributed by atoms with Crippen LogP contribution in [0, 0.1) is 6.92 Å². The number of rotatable bonds is 4. The Morgan fingerprint density at radius 2 is 2.19 bits per heavy atom. The number of benzene rings is 1. The SMILES string of the molecule is Cc1ccc(CNCc2ccon2)cc1Cl. The lowest BCUT2D eigenvalue weighted by Crippen LogP contribution is -2.12. The van der Waals surface area contributed by atoms with E-state index in [0.29, 0.717) is 6.54 Å². The second-order valence-corrected chi connectivity index (χ2v) is 4.09. The van der Waals surface area contributed by atoms with E-state index in [1.165, 1.54) is 5.56 Å². The van der Waals surface area contributed by atoms with E-state index >= 15 is 0 Å². The molecule has 1 aromatic heterocycles. The van der Waals surface area contributed by atoms with Gasteiger partial charge in [0.05, 0.1) is 5.69 Å². The Bertz CT molecular complexity index is 454. The summed E-state index contributed by atoms with van der Waals surface area (Å²) in [5.41, 5.74) is 3.17. The summed E-state index contributed by atoms with van der Waals surface area (Å²) in [5, 5.41) is 7.89. The van der Waals surface area contributed by atoms with Crippen LogP contribution >= 0.6 is 11.6 Å². The van der Waals surface area contributed by atoms with E-state index in [1.807, 2.05) is 25.1 Å². The maximum atomic E-state index is 6.04. The third-order valence-corrected chi connectivity index (χ3v) is 2.77. The van der Waals surface area contributed by atoms with E-state index in [1.54, 1.807) is 6.26 Å². The number of hydrogen-bond donors (Lipinski definition) is 1. The molecule has 0 atom stereocenters. The summed E-state index contributed by atoms with van der Waals surface area (Å²) in [6.45, 7) is 3.46. The number of aromatic nitrogens is 1. The van der Waals surface area contributed by atoms with Crippen molar-refractivity contribution in [1.82, 2.24) is 10.5 Å². The largest absolute Gasteiger partial charge is 0.364 e. The maximum absolute atomic E-state index is 6.04. The predicted octanol–water partition coefficient (Wildman–Crippen LogP) is 2.93. The van der Waals surface area contributed by atoms with Crippen LogP contribution in [0.3, 0.4) is 0 Å². The highest BCUT2D eigenvalue weighted by Crippen LogP contribution is 2.16. The van der Waals surface area contributed by atoms with Gasteiger partial charge in [-0.25, -0.2) is 0 Å². The van der Waals surface area contributed by atoms with Gasteiger partial charge < -0.3 is 9.84 Å². The van der Waals surface area contributed by atoms with Crippen molar-refractivity contribution in [3.63, 3.8) is 0 Å². The third kappa shape index (κ3) is 2.84. The van der Waals surface area contributed by atoms with Crippen LogP contribution in [0.4, 0.5) is 0 Å². The molecule has 16 heavy (non-hydrogen) atoms. The van der Waals surface area contributed by atoms with Crippen molar-refractivity contribution in [3.05, 3.63) is 52.4 Å². The highest BCUT2D eigenvalue weighted by atomic mass is 35.5. The van der Waals surface area contributed by atoms with Crippen LogP contribution in [0.5, 0.6) is 0 Å². The van der Waals surface area contributed by atoms with Crippen molar-refractivity contribution < 1.29 is 4.52 Å². The fourth-order valence-corrected chi connectivity index (χ4v) is 1.61. The summed E-state index contributed by atoms with van der Waals surface area (Å²) in [4.78, 5) is 0. The summed E-state index contributed by atoms with van der Waals surface area (Å²) in [6, 6.07) is 7.91. The second-order valence-electron chi connectivity index (χ2n) is 3.68. The summed E-state index contributed by atoms with van der Waals surface area (Å²) in [5.74, 6) is 0. The zero-order valence-corrected chi connectivity index (χ0v) is 9.79. The molecule has 0 amide bonds. The van der Waals surface area contributed by atoms with E-state index in [9.17, 15) is 0 Å².